The van der Waals surface area contributed by atoms with Gasteiger partial charge in [0.2, 0.25) is 0 Å². The van der Waals surface area contributed by atoms with E-state index in [0.717, 1.165) is 30.5 Å². The van der Waals surface area contributed by atoms with Crippen LogP contribution in [0.4, 0.5) is 0 Å². The lowest BCUT2D eigenvalue weighted by atomic mass is 9.84. The average Bonchev–Trinajstić information content (AvgIpc) is 2.87. The van der Waals surface area contributed by atoms with Crippen molar-refractivity contribution in [3.05, 3.63) is 71.3 Å². The Morgan fingerprint density at radius 1 is 1.00 bits per heavy atom. The maximum atomic E-state index is 13.2. The fourth-order valence-electron chi connectivity index (χ4n) is 4.90. The van der Waals surface area contributed by atoms with Crippen LogP contribution in [-0.2, 0) is 9.47 Å². The van der Waals surface area contributed by atoms with Crippen LogP contribution in [0.3, 0.4) is 0 Å². The standard InChI is InChI=1S/C29H42N2O3/c1-3-33-18-11-19-34-28(24-14-8-5-9-15-24)25-16-10-17-26(21-25)29(32)31-27(22-30-2)20-23-12-6-4-7-13-23/h5,8-10,14-17,21,23,27-28,30H,3-4,6-7,11-13,18-20,22H2,1-2H3,(H,31,32). The molecule has 2 aromatic carbocycles. The predicted octanol–water partition coefficient (Wildman–Crippen LogP) is 5.51. The zero-order chi connectivity index (χ0) is 24.0. The van der Waals surface area contributed by atoms with E-state index in [-0.39, 0.29) is 18.1 Å². The molecule has 5 heteroatoms. The Bertz CT molecular complexity index is 836. The van der Waals surface area contributed by atoms with Crippen molar-refractivity contribution in [3.8, 4) is 0 Å². The zero-order valence-corrected chi connectivity index (χ0v) is 20.9. The van der Waals surface area contributed by atoms with Crippen molar-refractivity contribution in [1.29, 1.82) is 0 Å². The maximum Gasteiger partial charge on any atom is 0.251 e. The number of carbonyl (C=O) groups is 1. The number of ether oxygens (including phenoxy) is 2. The molecule has 2 unspecified atom stereocenters. The van der Waals surface area contributed by atoms with Gasteiger partial charge in [0.15, 0.2) is 0 Å². The van der Waals surface area contributed by atoms with Gasteiger partial charge < -0.3 is 20.1 Å². The summed E-state index contributed by atoms with van der Waals surface area (Å²) in [6.07, 6.45) is 8.22. The van der Waals surface area contributed by atoms with Crippen molar-refractivity contribution in [2.75, 3.05) is 33.4 Å². The molecule has 1 fully saturated rings. The first-order valence-corrected chi connectivity index (χ1v) is 13.0. The molecule has 1 amide bonds. The van der Waals surface area contributed by atoms with E-state index >= 15 is 0 Å². The summed E-state index contributed by atoms with van der Waals surface area (Å²) in [5.41, 5.74) is 2.76. The molecule has 1 aliphatic rings. The van der Waals surface area contributed by atoms with Crippen molar-refractivity contribution >= 4 is 5.91 Å². The number of nitrogens with one attached hydrogen (secondary N) is 2. The molecule has 3 rings (SSSR count). The van der Waals surface area contributed by atoms with E-state index in [2.05, 4.69) is 22.8 Å². The van der Waals surface area contributed by atoms with Crippen molar-refractivity contribution in [3.63, 3.8) is 0 Å². The first-order chi connectivity index (χ1) is 16.7. The normalized spacial score (nSPS) is 16.2. The molecule has 186 valence electrons. The van der Waals surface area contributed by atoms with Gasteiger partial charge in [-0.2, -0.15) is 0 Å². The van der Waals surface area contributed by atoms with Crippen LogP contribution in [0.2, 0.25) is 0 Å². The van der Waals surface area contributed by atoms with Crippen LogP contribution < -0.4 is 10.6 Å². The van der Waals surface area contributed by atoms with Gasteiger partial charge in [-0.15, -0.1) is 0 Å². The Kier molecular flexibility index (Phi) is 11.6. The van der Waals surface area contributed by atoms with Crippen LogP contribution >= 0.6 is 0 Å². The molecule has 0 bridgehead atoms. The van der Waals surface area contributed by atoms with Crippen LogP contribution in [0.1, 0.15) is 79.5 Å². The highest BCUT2D eigenvalue weighted by Gasteiger charge is 2.22. The van der Waals surface area contributed by atoms with Crippen LogP contribution in [0.15, 0.2) is 54.6 Å². The minimum Gasteiger partial charge on any atom is -0.382 e. The smallest absolute Gasteiger partial charge is 0.251 e. The van der Waals surface area contributed by atoms with Crippen molar-refractivity contribution < 1.29 is 14.3 Å². The highest BCUT2D eigenvalue weighted by Crippen LogP contribution is 2.28. The first-order valence-electron chi connectivity index (χ1n) is 13.0. The second-order valence-corrected chi connectivity index (χ2v) is 9.31. The lowest BCUT2D eigenvalue weighted by Crippen LogP contribution is -2.42. The zero-order valence-electron chi connectivity index (χ0n) is 20.9. The monoisotopic (exact) mass is 466 g/mol. The van der Waals surface area contributed by atoms with Crippen LogP contribution in [-0.4, -0.2) is 45.4 Å². The lowest BCUT2D eigenvalue weighted by Gasteiger charge is -2.27. The van der Waals surface area contributed by atoms with Gasteiger partial charge in [-0.1, -0.05) is 74.6 Å². The third kappa shape index (κ3) is 8.53. The molecule has 0 aliphatic heterocycles. The first kappa shape index (κ1) is 26.4. The number of rotatable bonds is 14. The Morgan fingerprint density at radius 3 is 2.50 bits per heavy atom. The molecule has 1 saturated carbocycles. The topological polar surface area (TPSA) is 59.6 Å². The summed E-state index contributed by atoms with van der Waals surface area (Å²) < 4.78 is 11.7. The number of benzene rings is 2. The second-order valence-electron chi connectivity index (χ2n) is 9.31. The van der Waals surface area contributed by atoms with E-state index in [0.29, 0.717) is 31.3 Å². The number of hydrogen-bond acceptors (Lipinski definition) is 4. The van der Waals surface area contributed by atoms with Gasteiger partial charge in [0.25, 0.3) is 5.91 Å². The molecule has 2 aromatic rings. The predicted molar refractivity (Wildman–Crippen MR) is 138 cm³/mol. The lowest BCUT2D eigenvalue weighted by molar-refractivity contribution is 0.0544. The SMILES string of the molecule is CCOCCCOC(c1ccccc1)c1cccc(C(=O)NC(CNC)CC2CCCCC2)c1. The molecule has 0 heterocycles. The molecule has 2 N–H and O–H groups in total. The summed E-state index contributed by atoms with van der Waals surface area (Å²) >= 11 is 0. The molecule has 0 aromatic heterocycles. The van der Waals surface area contributed by atoms with Crippen LogP contribution in [0.5, 0.6) is 0 Å². The molecule has 0 saturated heterocycles. The number of hydrogen-bond donors (Lipinski definition) is 2. The van der Waals surface area contributed by atoms with Crippen LogP contribution in [0.25, 0.3) is 0 Å². The number of likely N-dealkylation sites (N-methyl/N-ethyl adjacent to an activating group) is 1. The van der Waals surface area contributed by atoms with E-state index in [1.54, 1.807) is 0 Å². The van der Waals surface area contributed by atoms with Gasteiger partial charge in [-0.3, -0.25) is 4.79 Å². The fraction of sp³-hybridized carbons (Fsp3) is 0.552. The number of amides is 1. The van der Waals surface area contributed by atoms with Gasteiger partial charge in [-0.05, 0) is 56.0 Å². The molecule has 1 aliphatic carbocycles. The Labute approximate surface area is 205 Å². The average molecular weight is 467 g/mol. The molecule has 0 radical (unpaired) electrons. The van der Waals surface area contributed by atoms with E-state index in [1.807, 2.05) is 56.4 Å². The Balaban J connectivity index is 1.69. The minimum atomic E-state index is -0.217. The molecule has 5 nitrogen and oxygen atoms in total. The second kappa shape index (κ2) is 14.9. The largest absolute Gasteiger partial charge is 0.382 e. The van der Waals surface area contributed by atoms with Gasteiger partial charge in [0.05, 0.1) is 6.61 Å². The van der Waals surface area contributed by atoms with E-state index in [9.17, 15) is 4.79 Å². The molecular formula is C29H42N2O3. The molecule has 2 atom stereocenters. The summed E-state index contributed by atoms with van der Waals surface area (Å²) in [5.74, 6) is 0.701. The summed E-state index contributed by atoms with van der Waals surface area (Å²) in [5, 5.41) is 6.55. The van der Waals surface area contributed by atoms with Gasteiger partial charge in [0.1, 0.15) is 6.10 Å². The van der Waals surface area contributed by atoms with E-state index < -0.39 is 0 Å². The summed E-state index contributed by atoms with van der Waals surface area (Å²) in [6.45, 7) is 4.79. The van der Waals surface area contributed by atoms with Crippen molar-refractivity contribution in [2.45, 2.75) is 64.0 Å². The quantitative estimate of drug-likeness (QED) is 0.361. The maximum absolute atomic E-state index is 13.2. The van der Waals surface area contributed by atoms with Crippen LogP contribution in [0, 0.1) is 5.92 Å². The van der Waals surface area contributed by atoms with Gasteiger partial charge in [0, 0.05) is 31.4 Å². The molecule has 0 spiro atoms. The van der Waals surface area contributed by atoms with Crippen molar-refractivity contribution in [2.24, 2.45) is 5.92 Å². The third-order valence-corrected chi connectivity index (χ3v) is 6.60. The highest BCUT2D eigenvalue weighted by molar-refractivity contribution is 5.94. The van der Waals surface area contributed by atoms with Crippen molar-refractivity contribution in [1.82, 2.24) is 10.6 Å². The minimum absolute atomic E-state index is 0.0129. The fourth-order valence-corrected chi connectivity index (χ4v) is 4.90. The van der Waals surface area contributed by atoms with E-state index in [1.165, 1.54) is 32.1 Å². The Morgan fingerprint density at radius 2 is 1.76 bits per heavy atom. The third-order valence-electron chi connectivity index (χ3n) is 6.60. The Hall–Kier alpha value is -2.21. The number of carbonyl (C=O) groups excluding carboxylic acids is 1. The molecular weight excluding hydrogens is 424 g/mol. The molecule has 34 heavy (non-hydrogen) atoms. The summed E-state index contributed by atoms with van der Waals surface area (Å²) in [6, 6.07) is 18.2. The van der Waals surface area contributed by atoms with Gasteiger partial charge >= 0.3 is 0 Å². The summed E-state index contributed by atoms with van der Waals surface area (Å²) in [7, 11) is 1.95. The van der Waals surface area contributed by atoms with E-state index in [4.69, 9.17) is 9.47 Å². The summed E-state index contributed by atoms with van der Waals surface area (Å²) in [4.78, 5) is 13.2. The van der Waals surface area contributed by atoms with Gasteiger partial charge in [-0.25, -0.2) is 0 Å². The highest BCUT2D eigenvalue weighted by atomic mass is 16.5.